The highest BCUT2D eigenvalue weighted by molar-refractivity contribution is 7.07. The number of ketones is 1. The predicted octanol–water partition coefficient (Wildman–Crippen LogP) is 4.14. The van der Waals surface area contributed by atoms with E-state index in [0.717, 1.165) is 12.8 Å². The fraction of sp³-hybridized carbons (Fsp3) is 0.500. The lowest BCUT2D eigenvalue weighted by molar-refractivity contribution is -0.118. The van der Waals surface area contributed by atoms with E-state index in [4.69, 9.17) is 0 Å². The number of carbonyl (C=O) groups excluding carboxylic acids is 1. The van der Waals surface area contributed by atoms with Crippen LogP contribution in [0.1, 0.15) is 44.1 Å². The first-order chi connectivity index (χ1) is 7.84. The third kappa shape index (κ3) is 3.60. The Labute approximate surface area is 101 Å². The van der Waals surface area contributed by atoms with Gasteiger partial charge in [0.25, 0.3) is 0 Å². The van der Waals surface area contributed by atoms with Crippen molar-refractivity contribution in [3.05, 3.63) is 34.0 Å². The number of carbonyl (C=O) groups is 1. The highest BCUT2D eigenvalue weighted by atomic mass is 32.1. The zero-order chi connectivity index (χ0) is 11.2. The molecule has 1 aliphatic rings. The van der Waals surface area contributed by atoms with Gasteiger partial charge < -0.3 is 0 Å². The summed E-state index contributed by atoms with van der Waals surface area (Å²) in [7, 11) is 0. The van der Waals surface area contributed by atoms with Crippen molar-refractivity contribution in [3.63, 3.8) is 0 Å². The van der Waals surface area contributed by atoms with E-state index in [1.165, 1.54) is 30.4 Å². The number of hydrogen-bond donors (Lipinski definition) is 0. The molecule has 0 atom stereocenters. The zero-order valence-corrected chi connectivity index (χ0v) is 10.4. The minimum absolute atomic E-state index is 0.402. The Hall–Kier alpha value is -0.890. The second-order valence-electron chi connectivity index (χ2n) is 4.46. The van der Waals surface area contributed by atoms with Crippen LogP contribution in [-0.4, -0.2) is 5.78 Å². The van der Waals surface area contributed by atoms with Gasteiger partial charge in [-0.15, -0.1) is 0 Å². The van der Waals surface area contributed by atoms with E-state index in [1.807, 2.05) is 0 Å². The Morgan fingerprint density at radius 2 is 2.31 bits per heavy atom. The standard InChI is InChI=1S/C14H18OS/c15-14(7-6-13-8-9-16-11-13)10-12-4-2-1-3-5-12/h4,8-9,11H,1-3,5-7,10H2. The molecule has 0 fully saturated rings. The van der Waals surface area contributed by atoms with Gasteiger partial charge in [0.2, 0.25) is 0 Å². The van der Waals surface area contributed by atoms with Crippen molar-refractivity contribution in [1.82, 2.24) is 0 Å². The average molecular weight is 234 g/mol. The van der Waals surface area contributed by atoms with Crippen molar-refractivity contribution in [2.45, 2.75) is 44.9 Å². The lowest BCUT2D eigenvalue weighted by atomic mass is 9.94. The number of hydrogen-bond acceptors (Lipinski definition) is 2. The van der Waals surface area contributed by atoms with E-state index in [2.05, 4.69) is 22.9 Å². The van der Waals surface area contributed by atoms with Crippen LogP contribution in [0, 0.1) is 0 Å². The molecule has 0 spiro atoms. The van der Waals surface area contributed by atoms with E-state index in [-0.39, 0.29) is 0 Å². The fourth-order valence-corrected chi connectivity index (χ4v) is 2.83. The fourth-order valence-electron chi connectivity index (χ4n) is 2.13. The molecule has 2 rings (SSSR count). The van der Waals surface area contributed by atoms with Gasteiger partial charge in [-0.05, 0) is 54.5 Å². The molecule has 2 heteroatoms. The lowest BCUT2D eigenvalue weighted by Crippen LogP contribution is -2.03. The summed E-state index contributed by atoms with van der Waals surface area (Å²) in [5.74, 6) is 0.402. The molecule has 1 aromatic rings. The number of thiophene rings is 1. The van der Waals surface area contributed by atoms with Gasteiger partial charge in [0.15, 0.2) is 0 Å². The Morgan fingerprint density at radius 3 is 3.00 bits per heavy atom. The highest BCUT2D eigenvalue weighted by Crippen LogP contribution is 2.21. The summed E-state index contributed by atoms with van der Waals surface area (Å²) in [4.78, 5) is 11.8. The van der Waals surface area contributed by atoms with Crippen LogP contribution in [0.25, 0.3) is 0 Å². The molecule has 0 saturated heterocycles. The summed E-state index contributed by atoms with van der Waals surface area (Å²) in [6, 6.07) is 2.11. The van der Waals surface area contributed by atoms with Crippen molar-refractivity contribution in [3.8, 4) is 0 Å². The average Bonchev–Trinajstić information content (AvgIpc) is 2.81. The van der Waals surface area contributed by atoms with E-state index in [0.29, 0.717) is 18.6 Å². The molecule has 16 heavy (non-hydrogen) atoms. The van der Waals surface area contributed by atoms with Gasteiger partial charge in [-0.25, -0.2) is 0 Å². The Balaban J connectivity index is 1.74. The molecule has 86 valence electrons. The van der Waals surface area contributed by atoms with E-state index in [9.17, 15) is 4.79 Å². The van der Waals surface area contributed by atoms with Gasteiger partial charge >= 0.3 is 0 Å². The van der Waals surface area contributed by atoms with Gasteiger partial charge in [-0.2, -0.15) is 11.3 Å². The van der Waals surface area contributed by atoms with Gasteiger partial charge in [0.05, 0.1) is 0 Å². The van der Waals surface area contributed by atoms with E-state index in [1.54, 1.807) is 11.3 Å². The Bertz CT molecular complexity index is 362. The van der Waals surface area contributed by atoms with E-state index >= 15 is 0 Å². The summed E-state index contributed by atoms with van der Waals surface area (Å²) in [5, 5.41) is 4.20. The van der Waals surface area contributed by atoms with Crippen LogP contribution < -0.4 is 0 Å². The van der Waals surface area contributed by atoms with Crippen molar-refractivity contribution in [1.29, 1.82) is 0 Å². The molecule has 0 unspecified atom stereocenters. The molecule has 0 aromatic carbocycles. The van der Waals surface area contributed by atoms with E-state index < -0.39 is 0 Å². The number of aryl methyl sites for hydroxylation is 1. The van der Waals surface area contributed by atoms with Crippen molar-refractivity contribution in [2.24, 2.45) is 0 Å². The minimum Gasteiger partial charge on any atom is -0.299 e. The normalized spacial score (nSPS) is 15.9. The molecule has 0 saturated carbocycles. The zero-order valence-electron chi connectivity index (χ0n) is 9.58. The van der Waals surface area contributed by atoms with Crippen LogP contribution in [0.2, 0.25) is 0 Å². The molecule has 0 N–H and O–H groups in total. The number of allylic oxidation sites excluding steroid dienone is 2. The predicted molar refractivity (Wildman–Crippen MR) is 68.8 cm³/mol. The number of Topliss-reactive ketones (excluding diaryl/α,β-unsaturated/α-hetero) is 1. The molecule has 0 radical (unpaired) electrons. The smallest absolute Gasteiger partial charge is 0.137 e. The SMILES string of the molecule is O=C(CCc1ccsc1)CC1=CCCCC1. The molecule has 1 heterocycles. The quantitative estimate of drug-likeness (QED) is 0.700. The summed E-state index contributed by atoms with van der Waals surface area (Å²) >= 11 is 1.70. The van der Waals surface area contributed by atoms with Crippen LogP contribution in [0.15, 0.2) is 28.5 Å². The molecule has 0 aliphatic heterocycles. The number of rotatable bonds is 5. The third-order valence-electron chi connectivity index (χ3n) is 3.08. The van der Waals surface area contributed by atoms with Crippen molar-refractivity contribution in [2.75, 3.05) is 0 Å². The third-order valence-corrected chi connectivity index (χ3v) is 3.81. The maximum Gasteiger partial charge on any atom is 0.137 e. The first-order valence-corrected chi connectivity index (χ1v) is 6.99. The van der Waals surface area contributed by atoms with Crippen LogP contribution >= 0.6 is 11.3 Å². The largest absolute Gasteiger partial charge is 0.299 e. The lowest BCUT2D eigenvalue weighted by Gasteiger charge is -2.11. The van der Waals surface area contributed by atoms with Crippen molar-refractivity contribution < 1.29 is 4.79 Å². The topological polar surface area (TPSA) is 17.1 Å². The second kappa shape index (κ2) is 6.00. The molecule has 1 aliphatic carbocycles. The molecule has 1 aromatic heterocycles. The van der Waals surface area contributed by atoms with Crippen LogP contribution in [0.5, 0.6) is 0 Å². The maximum atomic E-state index is 11.8. The summed E-state index contributed by atoms with van der Waals surface area (Å²) in [6.45, 7) is 0. The van der Waals surface area contributed by atoms with Crippen LogP contribution in [-0.2, 0) is 11.2 Å². The van der Waals surface area contributed by atoms with Crippen LogP contribution in [0.4, 0.5) is 0 Å². The molecule has 0 bridgehead atoms. The first kappa shape index (κ1) is 11.6. The molecule has 1 nitrogen and oxygen atoms in total. The van der Waals surface area contributed by atoms with Gasteiger partial charge in [0.1, 0.15) is 5.78 Å². The van der Waals surface area contributed by atoms with Crippen molar-refractivity contribution >= 4 is 17.1 Å². The minimum atomic E-state index is 0.402. The molecule has 0 amide bonds. The molecular weight excluding hydrogens is 216 g/mol. The summed E-state index contributed by atoms with van der Waals surface area (Å²) in [5.41, 5.74) is 2.68. The van der Waals surface area contributed by atoms with Crippen LogP contribution in [0.3, 0.4) is 0 Å². The Morgan fingerprint density at radius 1 is 1.38 bits per heavy atom. The summed E-state index contributed by atoms with van der Waals surface area (Å²) in [6.07, 6.45) is 9.47. The summed E-state index contributed by atoms with van der Waals surface area (Å²) < 4.78 is 0. The second-order valence-corrected chi connectivity index (χ2v) is 5.24. The Kier molecular flexibility index (Phi) is 4.34. The highest BCUT2D eigenvalue weighted by Gasteiger charge is 2.09. The first-order valence-electron chi connectivity index (χ1n) is 6.05. The van der Waals surface area contributed by atoms with Gasteiger partial charge in [-0.3, -0.25) is 4.79 Å². The molecular formula is C14H18OS. The van der Waals surface area contributed by atoms with Gasteiger partial charge in [-0.1, -0.05) is 11.6 Å². The monoisotopic (exact) mass is 234 g/mol. The maximum absolute atomic E-state index is 11.8. The van der Waals surface area contributed by atoms with Gasteiger partial charge in [0, 0.05) is 12.8 Å².